The first kappa shape index (κ1) is 69.7. The van der Waals surface area contributed by atoms with Crippen LogP contribution in [0.25, 0.3) is 212 Å². The molecule has 22 rings (SSSR count). The van der Waals surface area contributed by atoms with Crippen LogP contribution < -0.4 is 0 Å². The normalized spacial score (nSPS) is 11.4. The number of hydrogen-bond donors (Lipinski definition) is 0. The second kappa shape index (κ2) is 30.3. The maximum absolute atomic E-state index is 5.55. The molecule has 0 atom stereocenters. The topological polar surface area (TPSA) is 152 Å². The van der Waals surface area contributed by atoms with Crippen molar-refractivity contribution in [2.24, 2.45) is 0 Å². The second-order valence-electron chi connectivity index (χ2n) is 28.9. The van der Waals surface area contributed by atoms with Gasteiger partial charge in [0.1, 0.15) is 22.1 Å². The van der Waals surface area contributed by atoms with E-state index in [9.17, 15) is 0 Å². The number of pyridine rings is 2. The van der Waals surface area contributed by atoms with Crippen LogP contribution in [-0.4, -0.2) is 64.9 Å². The minimum atomic E-state index is 0.607. The van der Waals surface area contributed by atoms with Crippen molar-refractivity contribution in [2.75, 3.05) is 0 Å². The van der Waals surface area contributed by atoms with E-state index in [1.54, 1.807) is 9.59 Å². The molecule has 0 aliphatic carbocycles. The molecule has 0 aliphatic rings. The minimum Gasteiger partial charge on any atom is -0.246 e. The van der Waals surface area contributed by atoms with Crippen LogP contribution in [0.15, 0.2) is 406 Å². The highest BCUT2D eigenvalue weighted by atomic mass is 15.5. The van der Waals surface area contributed by atoms with Gasteiger partial charge in [0.25, 0.3) is 0 Å². The predicted molar refractivity (Wildman–Crippen MR) is 478 cm³/mol. The molecule has 0 spiro atoms. The van der Waals surface area contributed by atoms with Gasteiger partial charge in [-0.2, -0.15) is 9.59 Å². The van der Waals surface area contributed by atoms with Crippen LogP contribution in [0, 0.1) is 0 Å². The molecule has 0 saturated carbocycles. The van der Waals surface area contributed by atoms with E-state index in [1.165, 1.54) is 0 Å². The molecule has 16 aromatic carbocycles. The molecule has 13 nitrogen and oxygen atoms in total. The number of fused-ring (bicyclic) bond motifs is 10. The molecule has 6 aromatic heterocycles. The van der Waals surface area contributed by atoms with E-state index in [0.717, 1.165) is 189 Å². The Morgan fingerprint density at radius 1 is 0.161 bits per heavy atom. The van der Waals surface area contributed by atoms with E-state index in [-0.39, 0.29) is 0 Å². The van der Waals surface area contributed by atoms with Gasteiger partial charge in [-0.15, -0.1) is 20.4 Å². The third kappa shape index (κ3) is 13.2. The van der Waals surface area contributed by atoms with Gasteiger partial charge in [-0.05, 0) is 64.7 Å². The van der Waals surface area contributed by atoms with Crippen LogP contribution in [0.5, 0.6) is 0 Å². The van der Waals surface area contributed by atoms with Crippen molar-refractivity contribution in [3.05, 3.63) is 406 Å². The van der Waals surface area contributed by atoms with Crippen molar-refractivity contribution in [2.45, 2.75) is 0 Å². The molecule has 118 heavy (non-hydrogen) atoms. The van der Waals surface area contributed by atoms with Crippen LogP contribution in [0.2, 0.25) is 0 Å². The Balaban J connectivity index is 0.000000147. The molecule has 6 heterocycles. The Bertz CT molecular complexity index is 6890. The quantitative estimate of drug-likeness (QED) is 0.0957. The molecule has 552 valence electrons. The molecule has 0 fully saturated rings. The van der Waals surface area contributed by atoms with Gasteiger partial charge in [-0.1, -0.05) is 364 Å². The summed E-state index contributed by atoms with van der Waals surface area (Å²) < 4.78 is 0. The summed E-state index contributed by atoms with van der Waals surface area (Å²) in [6.45, 7) is 0. The summed E-state index contributed by atoms with van der Waals surface area (Å²) in [6, 6.07) is 139. The maximum atomic E-state index is 5.55. The first-order chi connectivity index (χ1) is 58.5. The van der Waals surface area contributed by atoms with Crippen molar-refractivity contribution < 1.29 is 0 Å². The van der Waals surface area contributed by atoms with Crippen molar-refractivity contribution in [3.8, 4) is 146 Å². The Labute approximate surface area is 679 Å². The zero-order valence-corrected chi connectivity index (χ0v) is 63.5. The van der Waals surface area contributed by atoms with Crippen molar-refractivity contribution in [1.82, 2.24) is 64.9 Å². The lowest BCUT2D eigenvalue weighted by Crippen LogP contribution is -2.00. The zero-order valence-electron chi connectivity index (χ0n) is 63.5. The van der Waals surface area contributed by atoms with Crippen LogP contribution in [0.1, 0.15) is 0 Å². The summed E-state index contributed by atoms with van der Waals surface area (Å²) in [7, 11) is 0. The molecule has 0 saturated heterocycles. The number of rotatable bonds is 14. The lowest BCUT2D eigenvalue weighted by molar-refractivity contribution is 0.766. The fourth-order valence-corrected chi connectivity index (χ4v) is 15.9. The molecule has 13 heteroatoms. The predicted octanol–water partition coefficient (Wildman–Crippen LogP) is 25.2. The fraction of sp³-hybridized carbons (Fsp3) is 0. The highest BCUT2D eigenvalue weighted by Crippen LogP contribution is 2.46. The number of nitrogens with zero attached hydrogens (tertiary/aromatic N) is 13. The zero-order chi connectivity index (χ0) is 78.2. The van der Waals surface area contributed by atoms with Gasteiger partial charge in [0.05, 0.1) is 45.2 Å². The van der Waals surface area contributed by atoms with Gasteiger partial charge >= 0.3 is 0 Å². The van der Waals surface area contributed by atoms with E-state index in [4.69, 9.17) is 55.3 Å². The number of aromatic nitrogens is 13. The SMILES string of the molecule is c1ccc(-c2cc(-c3ccc(-c4cccc5c4nc(-c4ccccc4)c4cc(-c6ccccc6)c6nn(-c7ccccc7)nc6c45)cc3)nc(-c3ccccc3)n2)cc1.c1ccc(-c2nc(-c3ccccc3)nc(-c3ccc(-c4cccc5c4nc(-c4ccccc4)c4cc(-c6ccccc6)c6nn(-c7ccccc7)nc6c45)cc3)n2)cc1. The summed E-state index contributed by atoms with van der Waals surface area (Å²) in [5.74, 6) is 2.55. The van der Waals surface area contributed by atoms with Crippen molar-refractivity contribution in [1.29, 1.82) is 0 Å². The number of hydrogen-bond acceptors (Lipinski definition) is 11. The van der Waals surface area contributed by atoms with E-state index in [0.29, 0.717) is 23.3 Å². The Kier molecular flexibility index (Phi) is 17.9. The molecule has 0 unspecified atom stereocenters. The van der Waals surface area contributed by atoms with Crippen LogP contribution in [0.3, 0.4) is 0 Å². The van der Waals surface area contributed by atoms with Crippen molar-refractivity contribution >= 4 is 65.4 Å². The summed E-state index contributed by atoms with van der Waals surface area (Å²) >= 11 is 0. The van der Waals surface area contributed by atoms with Gasteiger partial charge in [0.2, 0.25) is 0 Å². The Morgan fingerprint density at radius 2 is 0.424 bits per heavy atom. The molecule has 0 bridgehead atoms. The largest absolute Gasteiger partial charge is 0.246 e. The molecular weight excluding hydrogens is 1440 g/mol. The fourth-order valence-electron chi connectivity index (χ4n) is 15.9. The van der Waals surface area contributed by atoms with Crippen LogP contribution >= 0.6 is 0 Å². The van der Waals surface area contributed by atoms with Gasteiger partial charge in [0, 0.05) is 99.1 Å². The monoisotopic (exact) mass is 1510 g/mol. The summed E-state index contributed by atoms with van der Waals surface area (Å²) in [6.07, 6.45) is 0. The first-order valence-corrected chi connectivity index (χ1v) is 39.2. The summed E-state index contributed by atoms with van der Waals surface area (Å²) in [5, 5.41) is 26.9. The highest BCUT2D eigenvalue weighted by Gasteiger charge is 2.26. The smallest absolute Gasteiger partial charge is 0.164 e. The van der Waals surface area contributed by atoms with Gasteiger partial charge in [0.15, 0.2) is 23.3 Å². The van der Waals surface area contributed by atoms with Crippen molar-refractivity contribution in [3.63, 3.8) is 0 Å². The molecule has 0 aliphatic heterocycles. The average Bonchev–Trinajstić information content (AvgIpc) is 1.39. The second-order valence-corrected chi connectivity index (χ2v) is 28.9. The first-order valence-electron chi connectivity index (χ1n) is 39.2. The third-order valence-corrected chi connectivity index (χ3v) is 21.6. The number of para-hydroxylation sites is 4. The van der Waals surface area contributed by atoms with Crippen LogP contribution in [0.4, 0.5) is 0 Å². The van der Waals surface area contributed by atoms with E-state index in [1.807, 2.05) is 182 Å². The average molecular weight is 1510 g/mol. The van der Waals surface area contributed by atoms with Gasteiger partial charge < -0.3 is 0 Å². The van der Waals surface area contributed by atoms with E-state index >= 15 is 0 Å². The summed E-state index contributed by atoms with van der Waals surface area (Å²) in [5.41, 5.74) is 26.5. The molecule has 0 N–H and O–H groups in total. The lowest BCUT2D eigenvalue weighted by Gasteiger charge is -2.15. The highest BCUT2D eigenvalue weighted by molar-refractivity contribution is 6.26. The lowest BCUT2D eigenvalue weighted by atomic mass is 9.92. The molecule has 0 amide bonds. The molecular formula is C105H67N13. The Hall–Kier alpha value is -16.3. The van der Waals surface area contributed by atoms with Crippen LogP contribution in [-0.2, 0) is 0 Å². The Morgan fingerprint density at radius 3 is 0.780 bits per heavy atom. The van der Waals surface area contributed by atoms with Gasteiger partial charge in [-0.3, -0.25) is 0 Å². The van der Waals surface area contributed by atoms with E-state index in [2.05, 4.69) is 224 Å². The summed E-state index contributed by atoms with van der Waals surface area (Å²) in [4.78, 5) is 39.5. The maximum Gasteiger partial charge on any atom is 0.164 e. The minimum absolute atomic E-state index is 0.607. The van der Waals surface area contributed by atoms with Gasteiger partial charge in [-0.25, -0.2) is 34.9 Å². The third-order valence-electron chi connectivity index (χ3n) is 21.6. The van der Waals surface area contributed by atoms with E-state index < -0.39 is 0 Å². The number of benzene rings is 16. The standard InChI is InChI=1S/C53H34N6.C52H33N7/c1-6-17-35(18-7-1)44-33-45-48(52-51(44)57-59(58-52)41-25-14-5-15-26-41)43-28-16-27-42(50(43)56-49(45)39-21-10-3-11-22-39)36-29-31-38(32-30-36)47-34-46(37-19-8-2-9-20-37)54-53(55-47)40-23-12-4-13-24-40;1-6-17-34(18-7-1)43-33-44-45(49-48(43)57-59(58-49)40-25-14-5-15-26-40)42-28-16-27-41(47(42)53-46(44)36-19-8-2-9-20-36)35-29-31-39(32-30-35)52-55-50(37-21-10-3-11-22-37)54-51(56-52)38-23-12-4-13-24-38/h1-34H;1-33H. The molecule has 22 aromatic rings. The molecule has 0 radical (unpaired) electrons.